The molecule has 0 radical (unpaired) electrons. The van der Waals surface area contributed by atoms with Crippen LogP contribution in [0.4, 0.5) is 10.3 Å². The van der Waals surface area contributed by atoms with Crippen LogP contribution in [0.1, 0.15) is 11.1 Å². The van der Waals surface area contributed by atoms with Crippen molar-refractivity contribution in [3.05, 3.63) is 62.8 Å². The van der Waals surface area contributed by atoms with Gasteiger partial charge in [0, 0.05) is 29.2 Å². The highest BCUT2D eigenvalue weighted by atomic mass is 79.9. The lowest BCUT2D eigenvalue weighted by molar-refractivity contribution is 0.297. The van der Waals surface area contributed by atoms with Crippen LogP contribution in [0.2, 0.25) is 5.02 Å². The first-order valence-corrected chi connectivity index (χ1v) is 8.52. The number of rotatable bonds is 6. The number of hydrogen-bond donors (Lipinski definition) is 1. The Morgan fingerprint density at radius 1 is 1.32 bits per heavy atom. The normalized spacial score (nSPS) is 10.7. The van der Waals surface area contributed by atoms with Crippen molar-refractivity contribution in [2.24, 2.45) is 7.05 Å². The Hall–Kier alpha value is -2.19. The van der Waals surface area contributed by atoms with Crippen LogP contribution < -0.4 is 10.1 Å². The number of nitrogens with one attached hydrogen (secondary N) is 1. The van der Waals surface area contributed by atoms with Crippen LogP contribution in [0.25, 0.3) is 0 Å². The minimum absolute atomic E-state index is 0.0334. The predicted molar refractivity (Wildman–Crippen MR) is 96.0 cm³/mol. The first kappa shape index (κ1) is 17.6. The van der Waals surface area contributed by atoms with E-state index in [9.17, 15) is 4.39 Å². The van der Waals surface area contributed by atoms with E-state index in [0.29, 0.717) is 28.8 Å². The Bertz CT molecular complexity index is 868. The molecule has 0 spiro atoms. The summed E-state index contributed by atoms with van der Waals surface area (Å²) in [5, 5.41) is 14.7. The molecule has 1 heterocycles. The molecule has 2 aromatic carbocycles. The molecule has 3 rings (SSSR count). The SMILES string of the molecule is Cn1nnnc1NCc1cc(Br)ccc1OCc1c(F)cccc1Cl. The molecule has 0 atom stereocenters. The average molecular weight is 427 g/mol. The van der Waals surface area contributed by atoms with Crippen molar-refractivity contribution in [2.75, 3.05) is 5.32 Å². The van der Waals surface area contributed by atoms with E-state index in [1.165, 1.54) is 10.7 Å². The van der Waals surface area contributed by atoms with Gasteiger partial charge in [0.25, 0.3) is 0 Å². The summed E-state index contributed by atoms with van der Waals surface area (Å²) >= 11 is 9.48. The van der Waals surface area contributed by atoms with E-state index in [4.69, 9.17) is 16.3 Å². The topological polar surface area (TPSA) is 64.9 Å². The molecule has 0 saturated heterocycles. The van der Waals surface area contributed by atoms with E-state index in [2.05, 4.69) is 36.8 Å². The summed E-state index contributed by atoms with van der Waals surface area (Å²) in [6.45, 7) is 0.472. The second-order valence-electron chi connectivity index (χ2n) is 5.22. The summed E-state index contributed by atoms with van der Waals surface area (Å²) in [6, 6.07) is 10.1. The Morgan fingerprint density at radius 3 is 2.88 bits per heavy atom. The van der Waals surface area contributed by atoms with Crippen LogP contribution in [0.15, 0.2) is 40.9 Å². The third kappa shape index (κ3) is 4.26. The molecule has 130 valence electrons. The van der Waals surface area contributed by atoms with Gasteiger partial charge in [-0.1, -0.05) is 38.7 Å². The summed E-state index contributed by atoms with van der Waals surface area (Å²) < 4.78 is 22.1. The van der Waals surface area contributed by atoms with Crippen molar-refractivity contribution in [3.8, 4) is 5.75 Å². The van der Waals surface area contributed by atoms with Gasteiger partial charge in [0.2, 0.25) is 5.95 Å². The number of aryl methyl sites for hydroxylation is 1. The van der Waals surface area contributed by atoms with Gasteiger partial charge in [0.15, 0.2) is 0 Å². The summed E-state index contributed by atoms with van der Waals surface area (Å²) in [5.74, 6) is 0.752. The van der Waals surface area contributed by atoms with Crippen molar-refractivity contribution in [3.63, 3.8) is 0 Å². The van der Waals surface area contributed by atoms with Crippen LogP contribution in [-0.2, 0) is 20.2 Å². The highest BCUT2D eigenvalue weighted by Crippen LogP contribution is 2.27. The van der Waals surface area contributed by atoms with E-state index in [0.717, 1.165) is 10.0 Å². The number of tetrazole rings is 1. The molecule has 0 aliphatic carbocycles. The Kier molecular flexibility index (Phi) is 5.50. The lowest BCUT2D eigenvalue weighted by Gasteiger charge is -2.14. The average Bonchev–Trinajstić information content (AvgIpc) is 2.99. The highest BCUT2D eigenvalue weighted by molar-refractivity contribution is 9.10. The molecule has 0 fully saturated rings. The number of anilines is 1. The van der Waals surface area contributed by atoms with Gasteiger partial charge in [0.1, 0.15) is 18.2 Å². The lowest BCUT2D eigenvalue weighted by Crippen LogP contribution is -2.08. The minimum Gasteiger partial charge on any atom is -0.488 e. The molecule has 0 aliphatic heterocycles. The molecule has 3 aromatic rings. The van der Waals surface area contributed by atoms with Gasteiger partial charge in [-0.25, -0.2) is 9.07 Å². The molecule has 0 amide bonds. The third-order valence-electron chi connectivity index (χ3n) is 3.51. The maximum absolute atomic E-state index is 13.9. The molecule has 9 heteroatoms. The van der Waals surface area contributed by atoms with E-state index in [1.54, 1.807) is 19.2 Å². The van der Waals surface area contributed by atoms with E-state index in [1.807, 2.05) is 18.2 Å². The number of halogens is 3. The number of nitrogens with zero attached hydrogens (tertiary/aromatic N) is 4. The summed E-state index contributed by atoms with van der Waals surface area (Å²) in [7, 11) is 1.74. The second-order valence-corrected chi connectivity index (χ2v) is 6.54. The van der Waals surface area contributed by atoms with E-state index >= 15 is 0 Å². The second kappa shape index (κ2) is 7.79. The summed E-state index contributed by atoms with van der Waals surface area (Å²) in [5.41, 5.74) is 1.19. The molecule has 1 N–H and O–H groups in total. The molecule has 1 aromatic heterocycles. The maximum atomic E-state index is 13.9. The molecule has 0 aliphatic rings. The van der Waals surface area contributed by atoms with Crippen LogP contribution in [0.5, 0.6) is 5.75 Å². The molecule has 6 nitrogen and oxygen atoms in total. The molecule has 0 saturated carbocycles. The Morgan fingerprint density at radius 2 is 2.16 bits per heavy atom. The number of ether oxygens (including phenoxy) is 1. The van der Waals surface area contributed by atoms with E-state index in [-0.39, 0.29) is 6.61 Å². The van der Waals surface area contributed by atoms with Crippen LogP contribution in [0, 0.1) is 5.82 Å². The van der Waals surface area contributed by atoms with Crippen molar-refractivity contribution in [1.82, 2.24) is 20.2 Å². The maximum Gasteiger partial charge on any atom is 0.242 e. The number of aromatic nitrogens is 4. The largest absolute Gasteiger partial charge is 0.488 e. The van der Waals surface area contributed by atoms with Gasteiger partial charge in [-0.2, -0.15) is 0 Å². The fraction of sp³-hybridized carbons (Fsp3) is 0.188. The molecule has 25 heavy (non-hydrogen) atoms. The van der Waals surface area contributed by atoms with Crippen LogP contribution >= 0.6 is 27.5 Å². The minimum atomic E-state index is -0.394. The van der Waals surface area contributed by atoms with Gasteiger partial charge in [0.05, 0.1) is 5.02 Å². The highest BCUT2D eigenvalue weighted by Gasteiger charge is 2.11. The molecule has 0 unspecified atom stereocenters. The van der Waals surface area contributed by atoms with E-state index < -0.39 is 5.82 Å². The van der Waals surface area contributed by atoms with Crippen molar-refractivity contribution in [2.45, 2.75) is 13.2 Å². The fourth-order valence-electron chi connectivity index (χ4n) is 2.20. The quantitative estimate of drug-likeness (QED) is 0.646. The monoisotopic (exact) mass is 425 g/mol. The zero-order valence-electron chi connectivity index (χ0n) is 13.2. The van der Waals surface area contributed by atoms with Crippen LogP contribution in [0.3, 0.4) is 0 Å². The first-order valence-electron chi connectivity index (χ1n) is 7.35. The summed E-state index contributed by atoms with van der Waals surface area (Å²) in [4.78, 5) is 0. The lowest BCUT2D eigenvalue weighted by atomic mass is 10.2. The van der Waals surface area contributed by atoms with Gasteiger partial charge in [-0.3, -0.25) is 0 Å². The Balaban J connectivity index is 1.76. The molecular weight excluding hydrogens is 413 g/mol. The molecule has 0 bridgehead atoms. The van der Waals surface area contributed by atoms with Gasteiger partial charge in [-0.15, -0.1) is 0 Å². The van der Waals surface area contributed by atoms with Crippen molar-refractivity contribution < 1.29 is 9.13 Å². The standard InChI is InChI=1S/C16H14BrClFN5O/c1-24-16(21-22-23-24)20-8-10-7-11(17)5-6-15(10)25-9-12-13(18)3-2-4-14(12)19/h2-7H,8-9H2,1H3,(H,20,21,23). The molecular formula is C16H14BrClFN5O. The zero-order valence-corrected chi connectivity index (χ0v) is 15.6. The third-order valence-corrected chi connectivity index (χ3v) is 4.36. The van der Waals surface area contributed by atoms with Gasteiger partial charge >= 0.3 is 0 Å². The smallest absolute Gasteiger partial charge is 0.242 e. The van der Waals surface area contributed by atoms with Gasteiger partial charge < -0.3 is 10.1 Å². The number of hydrogen-bond acceptors (Lipinski definition) is 5. The van der Waals surface area contributed by atoms with Crippen molar-refractivity contribution >= 4 is 33.5 Å². The fourth-order valence-corrected chi connectivity index (χ4v) is 2.83. The zero-order chi connectivity index (χ0) is 17.8. The number of benzene rings is 2. The predicted octanol–water partition coefficient (Wildman–Crippen LogP) is 3.96. The van der Waals surface area contributed by atoms with Crippen molar-refractivity contribution in [1.29, 1.82) is 0 Å². The van der Waals surface area contributed by atoms with Crippen LogP contribution in [-0.4, -0.2) is 20.2 Å². The van der Waals surface area contributed by atoms with Gasteiger partial charge in [-0.05, 0) is 40.8 Å². The first-order chi connectivity index (χ1) is 12.0. The Labute approximate surface area is 157 Å². The summed E-state index contributed by atoms with van der Waals surface area (Å²) in [6.07, 6.45) is 0.